The Morgan fingerprint density at radius 1 is 1.13 bits per heavy atom. The van der Waals surface area contributed by atoms with Gasteiger partial charge in [-0.2, -0.15) is 0 Å². The summed E-state index contributed by atoms with van der Waals surface area (Å²) >= 11 is 0. The van der Waals surface area contributed by atoms with Crippen LogP contribution in [0.15, 0.2) is 36.4 Å². The third-order valence-corrected chi connectivity index (χ3v) is 5.54. The number of fused-ring (bicyclic) bond motifs is 1. The monoisotopic (exact) mass is 431 g/mol. The molecule has 9 heteroatoms. The summed E-state index contributed by atoms with van der Waals surface area (Å²) in [5, 5.41) is 2.73. The summed E-state index contributed by atoms with van der Waals surface area (Å²) < 4.78 is 47.0. The number of carbonyl (C=O) groups excluding carboxylic acids is 2. The lowest BCUT2D eigenvalue weighted by Gasteiger charge is -2.35. The van der Waals surface area contributed by atoms with Gasteiger partial charge in [0.15, 0.2) is 0 Å². The van der Waals surface area contributed by atoms with Crippen molar-refractivity contribution in [2.75, 3.05) is 0 Å². The molecule has 0 bridgehead atoms. The summed E-state index contributed by atoms with van der Waals surface area (Å²) in [6.07, 6.45) is -0.325. The van der Waals surface area contributed by atoms with Crippen molar-refractivity contribution in [2.45, 2.75) is 37.8 Å². The van der Waals surface area contributed by atoms with E-state index in [4.69, 9.17) is 10.5 Å². The summed E-state index contributed by atoms with van der Waals surface area (Å²) in [4.78, 5) is 25.9. The standard InChI is InChI=1S/C22H20F3N3O3/c1-10(21(26)29)27-22(30)31-15-6-12(7-15)18-16-8-14(24)9-17(25)20(16)28-19(18)11-2-4-13(23)5-3-11/h2-5,8-10,12,15,28H,6-7H2,1H3,(H2,26,29)(H,27,30). The van der Waals surface area contributed by atoms with Crippen LogP contribution in [0.2, 0.25) is 0 Å². The van der Waals surface area contributed by atoms with Crippen LogP contribution >= 0.6 is 0 Å². The molecule has 1 atom stereocenters. The van der Waals surface area contributed by atoms with Gasteiger partial charge in [-0.25, -0.2) is 18.0 Å². The van der Waals surface area contributed by atoms with E-state index >= 15 is 0 Å². The SMILES string of the molecule is CC(NC(=O)OC1CC(c2c(-c3ccc(F)cc3)[nH]c3c(F)cc(F)cc23)C1)C(N)=O. The van der Waals surface area contributed by atoms with Crippen LogP contribution < -0.4 is 11.1 Å². The number of H-pyrrole nitrogens is 1. The Kier molecular flexibility index (Phi) is 5.34. The maximum atomic E-state index is 14.4. The zero-order valence-electron chi connectivity index (χ0n) is 16.5. The summed E-state index contributed by atoms with van der Waals surface area (Å²) in [5.41, 5.74) is 7.15. The Hall–Kier alpha value is -3.49. The van der Waals surface area contributed by atoms with Crippen LogP contribution in [0.1, 0.15) is 31.2 Å². The fourth-order valence-electron chi connectivity index (χ4n) is 3.84. The van der Waals surface area contributed by atoms with Crippen molar-refractivity contribution >= 4 is 22.9 Å². The predicted octanol–water partition coefficient (Wildman–Crippen LogP) is 4.10. The van der Waals surface area contributed by atoms with E-state index in [0.29, 0.717) is 35.0 Å². The molecule has 1 aromatic heterocycles. The molecule has 1 unspecified atom stereocenters. The van der Waals surface area contributed by atoms with Gasteiger partial charge in [0.2, 0.25) is 5.91 Å². The normalized spacial score (nSPS) is 19.0. The molecule has 0 saturated heterocycles. The van der Waals surface area contributed by atoms with Crippen molar-refractivity contribution in [3.63, 3.8) is 0 Å². The van der Waals surface area contributed by atoms with Gasteiger partial charge in [-0.15, -0.1) is 0 Å². The third kappa shape index (κ3) is 4.08. The largest absolute Gasteiger partial charge is 0.446 e. The number of amides is 2. The number of aromatic amines is 1. The molecule has 4 N–H and O–H groups in total. The second-order valence-electron chi connectivity index (χ2n) is 7.69. The topological polar surface area (TPSA) is 97.2 Å². The van der Waals surface area contributed by atoms with Gasteiger partial charge < -0.3 is 20.8 Å². The van der Waals surface area contributed by atoms with E-state index in [2.05, 4.69) is 10.3 Å². The summed E-state index contributed by atoms with van der Waals surface area (Å²) in [6.45, 7) is 1.44. The van der Waals surface area contributed by atoms with E-state index in [1.54, 1.807) is 12.1 Å². The van der Waals surface area contributed by atoms with Crippen LogP contribution in [0.25, 0.3) is 22.2 Å². The molecule has 31 heavy (non-hydrogen) atoms. The summed E-state index contributed by atoms with van der Waals surface area (Å²) in [5.74, 6) is -2.66. The van der Waals surface area contributed by atoms with Crippen LogP contribution in [-0.4, -0.2) is 29.1 Å². The Morgan fingerprint density at radius 2 is 1.81 bits per heavy atom. The third-order valence-electron chi connectivity index (χ3n) is 5.54. The molecule has 2 aromatic carbocycles. The molecule has 1 aliphatic carbocycles. The van der Waals surface area contributed by atoms with Crippen molar-refractivity contribution in [3.05, 3.63) is 59.4 Å². The lowest BCUT2D eigenvalue weighted by Crippen LogP contribution is -2.44. The summed E-state index contributed by atoms with van der Waals surface area (Å²) in [7, 11) is 0. The number of hydrogen-bond donors (Lipinski definition) is 3. The number of alkyl carbamates (subject to hydrolysis) is 1. The molecule has 1 saturated carbocycles. The zero-order chi connectivity index (χ0) is 22.3. The number of halogens is 3. The second-order valence-corrected chi connectivity index (χ2v) is 7.69. The minimum absolute atomic E-state index is 0.138. The van der Waals surface area contributed by atoms with Crippen molar-refractivity contribution in [3.8, 4) is 11.3 Å². The predicted molar refractivity (Wildman–Crippen MR) is 108 cm³/mol. The Bertz CT molecular complexity index is 1150. The van der Waals surface area contributed by atoms with Gasteiger partial charge in [0.25, 0.3) is 0 Å². The summed E-state index contributed by atoms with van der Waals surface area (Å²) in [6, 6.07) is 6.89. The lowest BCUT2D eigenvalue weighted by molar-refractivity contribution is -0.119. The van der Waals surface area contributed by atoms with E-state index in [1.807, 2.05) is 0 Å². The first-order valence-corrected chi connectivity index (χ1v) is 9.76. The smallest absolute Gasteiger partial charge is 0.408 e. The molecule has 0 spiro atoms. The fraction of sp³-hybridized carbons (Fsp3) is 0.273. The molecule has 4 rings (SSSR count). The molecule has 0 radical (unpaired) electrons. The maximum Gasteiger partial charge on any atom is 0.408 e. The molecule has 1 aliphatic rings. The highest BCUT2D eigenvalue weighted by Gasteiger charge is 2.37. The quantitative estimate of drug-likeness (QED) is 0.567. The van der Waals surface area contributed by atoms with Crippen molar-refractivity contribution in [2.24, 2.45) is 5.73 Å². The Morgan fingerprint density at radius 3 is 2.45 bits per heavy atom. The second kappa shape index (κ2) is 7.98. The highest BCUT2D eigenvalue weighted by atomic mass is 19.1. The molecule has 3 aromatic rings. The maximum absolute atomic E-state index is 14.4. The molecule has 6 nitrogen and oxygen atoms in total. The van der Waals surface area contributed by atoms with Crippen LogP contribution in [0.5, 0.6) is 0 Å². The van der Waals surface area contributed by atoms with Gasteiger partial charge in [-0.1, -0.05) is 0 Å². The van der Waals surface area contributed by atoms with Crippen LogP contribution in [0.3, 0.4) is 0 Å². The van der Waals surface area contributed by atoms with Crippen LogP contribution in [0.4, 0.5) is 18.0 Å². The Balaban J connectivity index is 1.60. The number of ether oxygens (including phenoxy) is 1. The average molecular weight is 431 g/mol. The molecule has 2 amide bonds. The molecule has 162 valence electrons. The number of nitrogens with two attached hydrogens (primary N) is 1. The van der Waals surface area contributed by atoms with E-state index in [9.17, 15) is 22.8 Å². The van der Waals surface area contributed by atoms with E-state index in [-0.39, 0.29) is 11.4 Å². The lowest BCUT2D eigenvalue weighted by atomic mass is 9.75. The molecule has 0 aliphatic heterocycles. The van der Waals surface area contributed by atoms with E-state index in [0.717, 1.165) is 6.07 Å². The number of rotatable bonds is 5. The zero-order valence-corrected chi connectivity index (χ0v) is 16.5. The van der Waals surface area contributed by atoms with E-state index in [1.165, 1.54) is 25.1 Å². The first-order valence-electron chi connectivity index (χ1n) is 9.76. The van der Waals surface area contributed by atoms with Crippen molar-refractivity contribution < 1.29 is 27.5 Å². The molecule has 1 fully saturated rings. The van der Waals surface area contributed by atoms with Gasteiger partial charge in [0, 0.05) is 11.5 Å². The minimum atomic E-state index is -0.868. The molecular formula is C22H20F3N3O3. The number of benzene rings is 2. The minimum Gasteiger partial charge on any atom is -0.446 e. The van der Waals surface area contributed by atoms with Crippen molar-refractivity contribution in [1.82, 2.24) is 10.3 Å². The van der Waals surface area contributed by atoms with E-state index < -0.39 is 41.6 Å². The van der Waals surface area contributed by atoms with Gasteiger partial charge in [-0.3, -0.25) is 4.79 Å². The van der Waals surface area contributed by atoms with Crippen LogP contribution in [0, 0.1) is 17.5 Å². The number of hydrogen-bond acceptors (Lipinski definition) is 3. The highest BCUT2D eigenvalue weighted by Crippen LogP contribution is 2.46. The highest BCUT2D eigenvalue weighted by molar-refractivity contribution is 5.92. The average Bonchev–Trinajstić information content (AvgIpc) is 3.04. The number of carbonyl (C=O) groups is 2. The molecule has 1 heterocycles. The van der Waals surface area contributed by atoms with Gasteiger partial charge in [0.1, 0.15) is 29.6 Å². The van der Waals surface area contributed by atoms with Crippen LogP contribution in [-0.2, 0) is 9.53 Å². The fourth-order valence-corrected chi connectivity index (χ4v) is 3.84. The number of primary amides is 1. The van der Waals surface area contributed by atoms with Gasteiger partial charge in [-0.05, 0) is 67.1 Å². The first kappa shape index (κ1) is 20.8. The molecular weight excluding hydrogens is 411 g/mol. The first-order chi connectivity index (χ1) is 14.7. The van der Waals surface area contributed by atoms with Gasteiger partial charge in [0.05, 0.1) is 11.2 Å². The number of aromatic nitrogens is 1. The Labute approximate surface area is 175 Å². The van der Waals surface area contributed by atoms with Crippen molar-refractivity contribution in [1.29, 1.82) is 0 Å². The number of nitrogens with one attached hydrogen (secondary N) is 2. The van der Waals surface area contributed by atoms with Gasteiger partial charge >= 0.3 is 6.09 Å².